The number of pyridine rings is 1. The van der Waals surface area contributed by atoms with Crippen molar-refractivity contribution in [3.8, 4) is 12.3 Å². The molecule has 2 aliphatic heterocycles. The summed E-state index contributed by atoms with van der Waals surface area (Å²) >= 11 is 0. The van der Waals surface area contributed by atoms with Crippen LogP contribution in [0.4, 0.5) is 28.7 Å². The first kappa shape index (κ1) is 20.7. The molecule has 1 atom stereocenters. The van der Waals surface area contributed by atoms with E-state index in [0.717, 1.165) is 38.0 Å². The smallest absolute Gasteiger partial charge is 0.269 e. The van der Waals surface area contributed by atoms with Crippen LogP contribution in [0.1, 0.15) is 42.0 Å². The lowest BCUT2D eigenvalue weighted by Gasteiger charge is -2.33. The van der Waals surface area contributed by atoms with Gasteiger partial charge in [-0.05, 0) is 25.3 Å². The summed E-state index contributed by atoms with van der Waals surface area (Å²) in [6.07, 6.45) is 4.92. The lowest BCUT2D eigenvalue weighted by Crippen LogP contribution is -2.34. The molecule has 0 spiro atoms. The number of piperidine rings is 1. The third-order valence-corrected chi connectivity index (χ3v) is 5.57. The molecule has 12 nitrogen and oxygen atoms in total. The zero-order valence-electron chi connectivity index (χ0n) is 17.0. The van der Waals surface area contributed by atoms with Gasteiger partial charge in [-0.15, -0.1) is 0 Å². The normalized spacial score (nSPS) is 17.2. The maximum absolute atomic E-state index is 11.5. The Balaban J connectivity index is 1.97. The van der Waals surface area contributed by atoms with Gasteiger partial charge in [-0.3, -0.25) is 15.4 Å². The van der Waals surface area contributed by atoms with Crippen molar-refractivity contribution in [2.75, 3.05) is 34.8 Å². The number of nitriles is 2. The lowest BCUT2D eigenvalue weighted by atomic mass is 9.92. The molecule has 1 aromatic heterocycles. The average molecular weight is 432 g/mol. The summed E-state index contributed by atoms with van der Waals surface area (Å²) in [7, 11) is 0. The first-order valence-electron chi connectivity index (χ1n) is 9.96. The summed E-state index contributed by atoms with van der Waals surface area (Å²) < 4.78 is 0. The van der Waals surface area contributed by atoms with Gasteiger partial charge < -0.3 is 21.7 Å². The quantitative estimate of drug-likeness (QED) is 0.241. The maximum Gasteiger partial charge on any atom is 0.269 e. The van der Waals surface area contributed by atoms with Crippen molar-refractivity contribution in [1.29, 1.82) is 10.5 Å². The van der Waals surface area contributed by atoms with Crippen LogP contribution in [0.5, 0.6) is 0 Å². The van der Waals surface area contributed by atoms with Gasteiger partial charge >= 0.3 is 0 Å². The number of nitrogens with one attached hydrogen (secondary N) is 2. The third-order valence-electron chi connectivity index (χ3n) is 5.57. The summed E-state index contributed by atoms with van der Waals surface area (Å²) in [5.41, 5.74) is 13.9. The van der Waals surface area contributed by atoms with Gasteiger partial charge in [0.05, 0.1) is 10.6 Å². The topological polar surface area (TPSA) is 195 Å². The molecular formula is C20H20N10O2. The molecule has 12 heteroatoms. The minimum atomic E-state index is -0.848. The Kier molecular flexibility index (Phi) is 5.35. The second-order valence-corrected chi connectivity index (χ2v) is 7.45. The standard InChI is InChI=1S/C20H20N10O2/c21-9-13-16(23)15-17(26-20(25-10-22)28-19(15)27-18(13)24)12-8-11(30(31)32)4-5-14(12)29-6-2-1-3-7-29/h4-5,8,17H,1-3,6-7H2,(H6,23,24,25,26,27,28). The summed E-state index contributed by atoms with van der Waals surface area (Å²) in [5.74, 6) is 0.258. The van der Waals surface area contributed by atoms with Crippen LogP contribution >= 0.6 is 0 Å². The van der Waals surface area contributed by atoms with Gasteiger partial charge in [0.1, 0.15) is 29.3 Å². The Hall–Kier alpha value is -4.58. The monoisotopic (exact) mass is 432 g/mol. The largest absolute Gasteiger partial charge is 0.397 e. The highest BCUT2D eigenvalue weighted by Crippen LogP contribution is 2.44. The number of aromatic nitrogens is 1. The van der Waals surface area contributed by atoms with E-state index >= 15 is 0 Å². The van der Waals surface area contributed by atoms with Gasteiger partial charge in [0.15, 0.2) is 6.19 Å². The van der Waals surface area contributed by atoms with Crippen LogP contribution in [0, 0.1) is 32.9 Å². The van der Waals surface area contributed by atoms with Crippen molar-refractivity contribution >= 4 is 34.7 Å². The van der Waals surface area contributed by atoms with Gasteiger partial charge in [-0.1, -0.05) is 0 Å². The number of rotatable bonds is 3. The minimum absolute atomic E-state index is 0.00685. The van der Waals surface area contributed by atoms with Crippen LogP contribution in [-0.4, -0.2) is 29.0 Å². The van der Waals surface area contributed by atoms with Crippen molar-refractivity contribution in [2.45, 2.75) is 25.3 Å². The number of aliphatic imine (C=N–C) groups is 1. The number of hydrogen-bond donors (Lipinski definition) is 4. The molecule has 4 rings (SSSR count). The Morgan fingerprint density at radius 1 is 1.25 bits per heavy atom. The second kappa shape index (κ2) is 8.28. The number of nitrogen functional groups attached to an aromatic ring is 2. The predicted molar refractivity (Wildman–Crippen MR) is 119 cm³/mol. The van der Waals surface area contributed by atoms with Crippen LogP contribution in [0.2, 0.25) is 0 Å². The number of nitrogens with zero attached hydrogens (tertiary/aromatic N) is 6. The van der Waals surface area contributed by atoms with Crippen molar-refractivity contribution in [2.24, 2.45) is 4.99 Å². The molecular weight excluding hydrogens is 412 g/mol. The molecule has 6 N–H and O–H groups in total. The fourth-order valence-electron chi connectivity index (χ4n) is 4.10. The SMILES string of the molecule is N#CNC1=NC(c2cc([N+](=O)[O-])ccc2N2CCCCC2)c2c(nc(N)c(C#N)c2N)N1. The molecule has 1 unspecified atom stereocenters. The maximum atomic E-state index is 11.5. The number of guanidine groups is 1. The highest BCUT2D eigenvalue weighted by Gasteiger charge is 2.33. The molecule has 162 valence electrons. The van der Waals surface area contributed by atoms with Crippen LogP contribution in [-0.2, 0) is 0 Å². The van der Waals surface area contributed by atoms with Crippen LogP contribution in [0.15, 0.2) is 23.2 Å². The number of hydrogen-bond acceptors (Lipinski definition) is 11. The average Bonchev–Trinajstić information content (AvgIpc) is 2.79. The van der Waals surface area contributed by atoms with Gasteiger partial charge in [0, 0.05) is 42.0 Å². The van der Waals surface area contributed by atoms with Crippen LogP contribution in [0.25, 0.3) is 0 Å². The fraction of sp³-hybridized carbons (Fsp3) is 0.300. The minimum Gasteiger partial charge on any atom is -0.397 e. The second-order valence-electron chi connectivity index (χ2n) is 7.45. The molecule has 0 aliphatic carbocycles. The molecule has 1 saturated heterocycles. The Bertz CT molecular complexity index is 1200. The number of anilines is 4. The Labute approximate surface area is 183 Å². The number of fused-ring (bicyclic) bond motifs is 1. The first-order chi connectivity index (χ1) is 15.4. The van der Waals surface area contributed by atoms with Crippen LogP contribution < -0.4 is 27.0 Å². The fourth-order valence-corrected chi connectivity index (χ4v) is 4.10. The zero-order valence-corrected chi connectivity index (χ0v) is 17.0. The van der Waals surface area contributed by atoms with E-state index in [2.05, 4.69) is 25.5 Å². The predicted octanol–water partition coefficient (Wildman–Crippen LogP) is 1.96. The van der Waals surface area contributed by atoms with Crippen molar-refractivity contribution in [1.82, 2.24) is 10.3 Å². The van der Waals surface area contributed by atoms with Crippen molar-refractivity contribution in [3.05, 3.63) is 45.0 Å². The van der Waals surface area contributed by atoms with E-state index in [1.54, 1.807) is 12.3 Å². The van der Waals surface area contributed by atoms with Crippen molar-refractivity contribution in [3.63, 3.8) is 0 Å². The van der Waals surface area contributed by atoms with Gasteiger partial charge in [0.2, 0.25) is 5.96 Å². The molecule has 0 saturated carbocycles. The zero-order chi connectivity index (χ0) is 22.8. The molecule has 0 bridgehead atoms. The molecule has 1 fully saturated rings. The van der Waals surface area contributed by atoms with E-state index in [1.807, 2.05) is 6.07 Å². The van der Waals surface area contributed by atoms with E-state index < -0.39 is 11.0 Å². The summed E-state index contributed by atoms with van der Waals surface area (Å²) in [6, 6.07) is 5.73. The molecule has 2 aliphatic rings. The van der Waals surface area contributed by atoms with E-state index in [-0.39, 0.29) is 34.5 Å². The van der Waals surface area contributed by atoms with Crippen LogP contribution in [0.3, 0.4) is 0 Å². The van der Waals surface area contributed by atoms with E-state index in [0.29, 0.717) is 11.1 Å². The number of nitrogens with two attached hydrogens (primary N) is 2. The molecule has 0 amide bonds. The number of nitro groups is 1. The summed E-state index contributed by atoms with van der Waals surface area (Å²) in [4.78, 5) is 22.0. The first-order valence-corrected chi connectivity index (χ1v) is 9.96. The van der Waals surface area contributed by atoms with E-state index in [4.69, 9.17) is 16.7 Å². The highest BCUT2D eigenvalue weighted by atomic mass is 16.6. The van der Waals surface area contributed by atoms with E-state index in [1.165, 1.54) is 12.1 Å². The third kappa shape index (κ3) is 3.54. The number of benzene rings is 1. The van der Waals surface area contributed by atoms with Crippen molar-refractivity contribution < 1.29 is 4.92 Å². The Morgan fingerprint density at radius 2 is 2.00 bits per heavy atom. The highest BCUT2D eigenvalue weighted by molar-refractivity contribution is 5.98. The number of nitro benzene ring substituents is 1. The van der Waals surface area contributed by atoms with Gasteiger partial charge in [-0.25, -0.2) is 9.98 Å². The van der Waals surface area contributed by atoms with E-state index in [9.17, 15) is 15.4 Å². The van der Waals surface area contributed by atoms with Gasteiger partial charge in [0.25, 0.3) is 5.69 Å². The number of non-ortho nitro benzene ring substituents is 1. The summed E-state index contributed by atoms with van der Waals surface area (Å²) in [6.45, 7) is 1.60. The Morgan fingerprint density at radius 3 is 2.66 bits per heavy atom. The molecule has 2 aromatic rings. The molecule has 3 heterocycles. The molecule has 32 heavy (non-hydrogen) atoms. The molecule has 1 aromatic carbocycles. The summed E-state index contributed by atoms with van der Waals surface area (Å²) in [5, 5.41) is 35.4. The lowest BCUT2D eigenvalue weighted by molar-refractivity contribution is -0.384. The molecule has 0 radical (unpaired) electrons. The van der Waals surface area contributed by atoms with Gasteiger partial charge in [-0.2, -0.15) is 10.5 Å².